The molecule has 0 aromatic carbocycles. The molecule has 0 aromatic heterocycles. The molecule has 6 aliphatic rings. The van der Waals surface area contributed by atoms with E-state index in [1.165, 1.54) is 6.08 Å². The van der Waals surface area contributed by atoms with Crippen molar-refractivity contribution in [1.29, 1.82) is 0 Å². The third-order valence-electron chi connectivity index (χ3n) is 9.72. The summed E-state index contributed by atoms with van der Waals surface area (Å²) in [5, 5.41) is 23.2. The molecule has 11 heteroatoms. The average molecular weight is 504 g/mol. The van der Waals surface area contributed by atoms with Gasteiger partial charge in [-0.05, 0) is 29.7 Å². The number of ether oxygens (including phenoxy) is 5. The van der Waals surface area contributed by atoms with Crippen LogP contribution in [0.5, 0.6) is 0 Å². The van der Waals surface area contributed by atoms with Gasteiger partial charge in [-0.25, -0.2) is 14.4 Å². The number of carbonyl (C=O) groups is 4. The first kappa shape index (κ1) is 23.6. The highest BCUT2D eigenvalue weighted by Crippen LogP contribution is 2.73. The lowest BCUT2D eigenvalue weighted by Crippen LogP contribution is -2.79. The minimum absolute atomic E-state index is 0.149. The van der Waals surface area contributed by atoms with Gasteiger partial charge < -0.3 is 33.9 Å². The fraction of sp³-hybridized carbons (Fsp3) is 0.680. The van der Waals surface area contributed by atoms with E-state index >= 15 is 0 Å². The second-order valence-corrected chi connectivity index (χ2v) is 11.1. The van der Waals surface area contributed by atoms with Crippen molar-refractivity contribution in [3.63, 3.8) is 0 Å². The zero-order valence-electron chi connectivity index (χ0n) is 20.3. The quantitative estimate of drug-likeness (QED) is 0.379. The lowest BCUT2D eigenvalue weighted by Gasteiger charge is -2.67. The van der Waals surface area contributed by atoms with Crippen molar-refractivity contribution in [1.82, 2.24) is 0 Å². The van der Waals surface area contributed by atoms with Gasteiger partial charge in [0.25, 0.3) is 0 Å². The van der Waals surface area contributed by atoms with Gasteiger partial charge in [0.2, 0.25) is 11.7 Å². The first-order valence-corrected chi connectivity index (χ1v) is 12.1. The highest BCUT2D eigenvalue weighted by atomic mass is 16.6. The summed E-state index contributed by atoms with van der Waals surface area (Å²) in [6.45, 7) is 4.84. The number of carbonyl (C=O) groups excluding carboxylic acids is 4. The number of rotatable bonds is 2. The van der Waals surface area contributed by atoms with Crippen LogP contribution in [0.2, 0.25) is 0 Å². The van der Waals surface area contributed by atoms with E-state index in [-0.39, 0.29) is 18.4 Å². The van der Waals surface area contributed by atoms with Crippen molar-refractivity contribution < 1.29 is 53.1 Å². The topological polar surface area (TPSA) is 155 Å². The maximum Gasteiger partial charge on any atom is 0.348 e. The van der Waals surface area contributed by atoms with Gasteiger partial charge in [-0.2, -0.15) is 0 Å². The SMILES string of the molecule is COC(=O)[C@]12OC[C@]34[C@H]([C@@H](O)[C@@H]1O)[C@@]1(C)C=C5OC(=O)C=C5C(C)[C@@H]1C[C@H]3OC(=O)[C@H](OC(C)=O)[C@@H]24. The zero-order valence-corrected chi connectivity index (χ0v) is 20.3. The van der Waals surface area contributed by atoms with Gasteiger partial charge in [-0.3, -0.25) is 4.79 Å². The van der Waals surface area contributed by atoms with E-state index in [9.17, 15) is 29.4 Å². The predicted octanol–water partition coefficient (Wildman–Crippen LogP) is -0.217. The van der Waals surface area contributed by atoms with E-state index in [1.807, 2.05) is 13.8 Å². The number of esters is 4. The summed E-state index contributed by atoms with van der Waals surface area (Å²) in [5.74, 6) is -5.08. The Labute approximate surface area is 206 Å². The molecule has 3 heterocycles. The van der Waals surface area contributed by atoms with E-state index in [0.29, 0.717) is 12.2 Å². The first-order chi connectivity index (χ1) is 16.9. The van der Waals surface area contributed by atoms with Crippen molar-refractivity contribution in [3.8, 4) is 0 Å². The fourth-order valence-electron chi connectivity index (χ4n) is 8.58. The van der Waals surface area contributed by atoms with Crippen LogP contribution >= 0.6 is 0 Å². The van der Waals surface area contributed by atoms with E-state index < -0.39 is 76.6 Å². The molecule has 3 aliphatic carbocycles. The van der Waals surface area contributed by atoms with E-state index in [1.54, 1.807) is 6.08 Å². The van der Waals surface area contributed by atoms with Crippen LogP contribution in [0.3, 0.4) is 0 Å². The molecule has 11 nitrogen and oxygen atoms in total. The number of hydrogen-bond acceptors (Lipinski definition) is 11. The molecular weight excluding hydrogens is 476 g/mol. The lowest BCUT2D eigenvalue weighted by molar-refractivity contribution is -0.288. The number of allylic oxidation sites excluding steroid dienone is 2. The highest BCUT2D eigenvalue weighted by molar-refractivity contribution is 5.89. The van der Waals surface area contributed by atoms with Crippen LogP contribution in [0.1, 0.15) is 27.2 Å². The fourth-order valence-corrected chi connectivity index (χ4v) is 8.58. The molecule has 1 spiro atoms. The Kier molecular flexibility index (Phi) is 4.71. The van der Waals surface area contributed by atoms with Gasteiger partial charge in [0, 0.05) is 29.9 Å². The molecule has 0 aromatic rings. The zero-order chi connectivity index (χ0) is 25.9. The number of fused-ring (bicyclic) bond motifs is 3. The summed E-state index contributed by atoms with van der Waals surface area (Å²) in [5.41, 5.74) is -3.49. The molecule has 2 saturated carbocycles. The van der Waals surface area contributed by atoms with E-state index in [2.05, 4.69) is 0 Å². The maximum absolute atomic E-state index is 13.2. The van der Waals surface area contributed by atoms with Gasteiger partial charge in [0.15, 0.2) is 0 Å². The number of aliphatic hydroxyl groups excluding tert-OH is 2. The Morgan fingerprint density at radius 2 is 1.92 bits per heavy atom. The predicted molar refractivity (Wildman–Crippen MR) is 115 cm³/mol. The van der Waals surface area contributed by atoms with Gasteiger partial charge in [-0.15, -0.1) is 0 Å². The average Bonchev–Trinajstić information content (AvgIpc) is 3.33. The van der Waals surface area contributed by atoms with Gasteiger partial charge in [-0.1, -0.05) is 13.8 Å². The van der Waals surface area contributed by atoms with Gasteiger partial charge >= 0.3 is 23.9 Å². The number of methoxy groups -OCH3 is 1. The molecular formula is C25H28O11. The Hall–Kier alpha value is -2.76. The molecule has 194 valence electrons. The summed E-state index contributed by atoms with van der Waals surface area (Å²) in [7, 11) is 1.11. The summed E-state index contributed by atoms with van der Waals surface area (Å²) < 4.78 is 27.8. The molecule has 4 fully saturated rings. The third-order valence-corrected chi connectivity index (χ3v) is 9.72. The minimum Gasteiger partial charge on any atom is -0.467 e. The number of hydrogen-bond donors (Lipinski definition) is 2. The van der Waals surface area contributed by atoms with Crippen LogP contribution < -0.4 is 0 Å². The van der Waals surface area contributed by atoms with Crippen LogP contribution in [0, 0.1) is 34.5 Å². The summed E-state index contributed by atoms with van der Waals surface area (Å²) >= 11 is 0. The van der Waals surface area contributed by atoms with Crippen LogP contribution in [0.25, 0.3) is 0 Å². The van der Waals surface area contributed by atoms with Crippen LogP contribution in [-0.2, 0) is 42.9 Å². The normalized spacial score (nSPS) is 49.9. The van der Waals surface area contributed by atoms with E-state index in [4.69, 9.17) is 23.7 Å². The summed E-state index contributed by atoms with van der Waals surface area (Å²) in [6.07, 6.45) is -2.08. The molecule has 11 atom stereocenters. The van der Waals surface area contributed by atoms with Crippen molar-refractivity contribution in [2.75, 3.05) is 13.7 Å². The third kappa shape index (κ3) is 2.48. The second kappa shape index (κ2) is 7.17. The molecule has 0 radical (unpaired) electrons. The molecule has 36 heavy (non-hydrogen) atoms. The largest absolute Gasteiger partial charge is 0.467 e. The summed E-state index contributed by atoms with van der Waals surface area (Å²) in [6, 6.07) is 0. The molecule has 3 aliphatic heterocycles. The Balaban J connectivity index is 1.60. The maximum atomic E-state index is 13.2. The second-order valence-electron chi connectivity index (χ2n) is 11.1. The van der Waals surface area contributed by atoms with Gasteiger partial charge in [0.1, 0.15) is 18.0 Å². The van der Waals surface area contributed by atoms with Crippen LogP contribution in [0.4, 0.5) is 0 Å². The van der Waals surface area contributed by atoms with Crippen molar-refractivity contribution >= 4 is 23.9 Å². The molecule has 6 rings (SSSR count). The molecule has 2 N–H and O–H groups in total. The van der Waals surface area contributed by atoms with Crippen molar-refractivity contribution in [2.45, 2.75) is 57.2 Å². The monoisotopic (exact) mass is 504 g/mol. The van der Waals surface area contributed by atoms with E-state index in [0.717, 1.165) is 19.6 Å². The molecule has 2 bridgehead atoms. The lowest BCUT2D eigenvalue weighted by atomic mass is 9.38. The van der Waals surface area contributed by atoms with Crippen LogP contribution in [0.15, 0.2) is 23.5 Å². The molecule has 0 amide bonds. The Morgan fingerprint density at radius 1 is 1.19 bits per heavy atom. The molecule has 1 unspecified atom stereocenters. The number of aliphatic hydroxyl groups is 2. The molecule has 2 saturated heterocycles. The smallest absolute Gasteiger partial charge is 0.348 e. The standard InChI is InChI=1S/C25H28O11/c1-9-11-5-15(27)35-13(11)7-23(3)12(9)6-14-24-8-33-25(22(31)32-4,20(29)16(28)18(23)24)19(24)17(21(30)36-14)34-10(2)26/h5,7,9,12,14,16-20,28-29H,6,8H2,1-4H3/t9?,12-,14+,16+,17+,18+,19+,20-,23-,24+,25+/m0/s1. The first-order valence-electron chi connectivity index (χ1n) is 12.1. The van der Waals surface area contributed by atoms with Crippen molar-refractivity contribution in [2.24, 2.45) is 34.5 Å². The minimum atomic E-state index is -2.15. The highest BCUT2D eigenvalue weighted by Gasteiger charge is 2.85. The van der Waals surface area contributed by atoms with Gasteiger partial charge in [0.05, 0.1) is 25.7 Å². The summed E-state index contributed by atoms with van der Waals surface area (Å²) in [4.78, 5) is 50.6. The van der Waals surface area contributed by atoms with Crippen molar-refractivity contribution in [3.05, 3.63) is 23.5 Å². The Morgan fingerprint density at radius 3 is 2.58 bits per heavy atom. The Bertz CT molecular complexity index is 1160. The van der Waals surface area contributed by atoms with Crippen LogP contribution in [-0.4, -0.2) is 77.8 Å².